The van der Waals surface area contributed by atoms with Crippen LogP contribution in [0.15, 0.2) is 48.5 Å². The molecule has 2 rings (SSSR count). The summed E-state index contributed by atoms with van der Waals surface area (Å²) in [6.07, 6.45) is 0. The second-order valence-electron chi connectivity index (χ2n) is 5.56. The average molecular weight is 299 g/mol. The SMILES string of the molecule is COc1ccc([C@H](C)[C@H](C)NCc2ccccc2)cc1OC. The highest BCUT2D eigenvalue weighted by molar-refractivity contribution is 5.44. The normalized spacial score (nSPS) is 13.5. The predicted molar refractivity (Wildman–Crippen MR) is 90.7 cm³/mol. The van der Waals surface area contributed by atoms with E-state index in [1.165, 1.54) is 11.1 Å². The average Bonchev–Trinajstić information content (AvgIpc) is 2.59. The molecule has 0 radical (unpaired) electrons. The Morgan fingerprint density at radius 3 is 2.23 bits per heavy atom. The van der Waals surface area contributed by atoms with Gasteiger partial charge >= 0.3 is 0 Å². The van der Waals surface area contributed by atoms with Gasteiger partial charge in [-0.1, -0.05) is 43.3 Å². The number of benzene rings is 2. The molecule has 0 fully saturated rings. The van der Waals surface area contributed by atoms with Gasteiger partial charge < -0.3 is 14.8 Å². The third-order valence-corrected chi connectivity index (χ3v) is 4.15. The first-order chi connectivity index (χ1) is 10.7. The van der Waals surface area contributed by atoms with E-state index in [1.54, 1.807) is 14.2 Å². The first-order valence-electron chi connectivity index (χ1n) is 7.65. The molecule has 0 aliphatic heterocycles. The first-order valence-corrected chi connectivity index (χ1v) is 7.65. The van der Waals surface area contributed by atoms with Crippen LogP contribution in [0, 0.1) is 0 Å². The molecule has 0 bridgehead atoms. The van der Waals surface area contributed by atoms with Gasteiger partial charge in [0.25, 0.3) is 0 Å². The Hall–Kier alpha value is -2.00. The molecule has 0 heterocycles. The van der Waals surface area contributed by atoms with Crippen LogP contribution in [0.1, 0.15) is 30.9 Å². The summed E-state index contributed by atoms with van der Waals surface area (Å²) in [6, 6.07) is 16.9. The maximum absolute atomic E-state index is 5.39. The van der Waals surface area contributed by atoms with E-state index in [9.17, 15) is 0 Å². The van der Waals surface area contributed by atoms with Gasteiger partial charge in [-0.15, -0.1) is 0 Å². The molecular formula is C19H25NO2. The predicted octanol–water partition coefficient (Wildman–Crippen LogP) is 3.99. The van der Waals surface area contributed by atoms with Gasteiger partial charge in [0.1, 0.15) is 0 Å². The van der Waals surface area contributed by atoms with Crippen LogP contribution >= 0.6 is 0 Å². The quantitative estimate of drug-likeness (QED) is 0.838. The molecule has 2 atom stereocenters. The number of methoxy groups -OCH3 is 2. The van der Waals surface area contributed by atoms with Crippen molar-refractivity contribution in [2.75, 3.05) is 14.2 Å². The largest absolute Gasteiger partial charge is 0.493 e. The van der Waals surface area contributed by atoms with E-state index >= 15 is 0 Å². The minimum atomic E-state index is 0.360. The van der Waals surface area contributed by atoms with Crippen LogP contribution in [0.25, 0.3) is 0 Å². The summed E-state index contributed by atoms with van der Waals surface area (Å²) in [5.41, 5.74) is 2.54. The minimum Gasteiger partial charge on any atom is -0.493 e. The first kappa shape index (κ1) is 16.4. The summed E-state index contributed by atoms with van der Waals surface area (Å²) in [7, 11) is 3.33. The Bertz CT molecular complexity index is 583. The van der Waals surface area contributed by atoms with E-state index < -0.39 is 0 Å². The molecule has 22 heavy (non-hydrogen) atoms. The molecule has 3 nitrogen and oxygen atoms in total. The van der Waals surface area contributed by atoms with Gasteiger partial charge in [-0.25, -0.2) is 0 Å². The third-order valence-electron chi connectivity index (χ3n) is 4.15. The van der Waals surface area contributed by atoms with Crippen molar-refractivity contribution < 1.29 is 9.47 Å². The smallest absolute Gasteiger partial charge is 0.160 e. The molecule has 0 aromatic heterocycles. The zero-order valence-corrected chi connectivity index (χ0v) is 13.8. The van der Waals surface area contributed by atoms with Crippen LogP contribution in [-0.4, -0.2) is 20.3 Å². The van der Waals surface area contributed by atoms with E-state index in [0.29, 0.717) is 12.0 Å². The lowest BCUT2D eigenvalue weighted by molar-refractivity contribution is 0.353. The number of rotatable bonds is 7. The maximum atomic E-state index is 5.39. The molecule has 0 saturated heterocycles. The van der Waals surface area contributed by atoms with Gasteiger partial charge in [-0.2, -0.15) is 0 Å². The van der Waals surface area contributed by atoms with Gasteiger partial charge in [-0.3, -0.25) is 0 Å². The second-order valence-corrected chi connectivity index (χ2v) is 5.56. The van der Waals surface area contributed by atoms with Gasteiger partial charge in [-0.05, 0) is 36.1 Å². The summed E-state index contributed by atoms with van der Waals surface area (Å²) >= 11 is 0. The van der Waals surface area contributed by atoms with Gasteiger partial charge in [0.2, 0.25) is 0 Å². The van der Waals surface area contributed by atoms with Crippen LogP contribution in [0.4, 0.5) is 0 Å². The maximum Gasteiger partial charge on any atom is 0.160 e. The Morgan fingerprint density at radius 1 is 0.909 bits per heavy atom. The monoisotopic (exact) mass is 299 g/mol. The molecule has 2 aromatic carbocycles. The fourth-order valence-electron chi connectivity index (χ4n) is 2.48. The zero-order valence-electron chi connectivity index (χ0n) is 13.8. The van der Waals surface area contributed by atoms with Gasteiger partial charge in [0, 0.05) is 12.6 Å². The molecular weight excluding hydrogens is 274 g/mol. The highest BCUT2D eigenvalue weighted by Crippen LogP contribution is 2.31. The summed E-state index contributed by atoms with van der Waals surface area (Å²) in [6.45, 7) is 5.31. The molecule has 0 aliphatic carbocycles. The van der Waals surface area contributed by atoms with Gasteiger partial charge in [0.15, 0.2) is 11.5 Å². The fourth-order valence-corrected chi connectivity index (χ4v) is 2.48. The molecule has 0 unspecified atom stereocenters. The lowest BCUT2D eigenvalue weighted by Crippen LogP contribution is -2.30. The molecule has 0 saturated carbocycles. The van der Waals surface area contributed by atoms with Crippen LogP contribution < -0.4 is 14.8 Å². The lowest BCUT2D eigenvalue weighted by Gasteiger charge is -2.23. The van der Waals surface area contributed by atoms with Crippen molar-refractivity contribution in [3.8, 4) is 11.5 Å². The number of ether oxygens (including phenoxy) is 2. The second kappa shape index (κ2) is 7.85. The minimum absolute atomic E-state index is 0.360. The van der Waals surface area contributed by atoms with E-state index in [1.807, 2.05) is 12.1 Å². The van der Waals surface area contributed by atoms with E-state index in [4.69, 9.17) is 9.47 Å². The molecule has 0 aliphatic rings. The Balaban J connectivity index is 2.02. The van der Waals surface area contributed by atoms with Crippen molar-refractivity contribution >= 4 is 0 Å². The Labute approximate surface area is 133 Å². The fraction of sp³-hybridized carbons (Fsp3) is 0.368. The van der Waals surface area contributed by atoms with Crippen molar-refractivity contribution in [2.45, 2.75) is 32.4 Å². The number of hydrogen-bond donors (Lipinski definition) is 1. The van der Waals surface area contributed by atoms with Crippen molar-refractivity contribution in [3.63, 3.8) is 0 Å². The Morgan fingerprint density at radius 2 is 1.59 bits per heavy atom. The highest BCUT2D eigenvalue weighted by atomic mass is 16.5. The standard InChI is InChI=1S/C19H25NO2/c1-14(15(2)20-13-16-8-6-5-7-9-16)17-10-11-18(21-3)19(12-17)22-4/h5-12,14-15,20H,13H2,1-4H3/t14-,15+/m1/s1. The third kappa shape index (κ3) is 4.01. The zero-order chi connectivity index (χ0) is 15.9. The van der Waals surface area contributed by atoms with Crippen LogP contribution in [0.3, 0.4) is 0 Å². The van der Waals surface area contributed by atoms with Gasteiger partial charge in [0.05, 0.1) is 14.2 Å². The number of nitrogens with one attached hydrogen (secondary N) is 1. The molecule has 0 spiro atoms. The van der Waals surface area contributed by atoms with Crippen molar-refractivity contribution in [3.05, 3.63) is 59.7 Å². The molecule has 118 valence electrons. The summed E-state index contributed by atoms with van der Waals surface area (Å²) in [5, 5.41) is 3.59. The molecule has 1 N–H and O–H groups in total. The molecule has 2 aromatic rings. The van der Waals surface area contributed by atoms with E-state index in [0.717, 1.165) is 18.0 Å². The van der Waals surface area contributed by atoms with Crippen LogP contribution in [0.5, 0.6) is 11.5 Å². The van der Waals surface area contributed by atoms with Crippen molar-refractivity contribution in [2.24, 2.45) is 0 Å². The van der Waals surface area contributed by atoms with E-state index in [2.05, 4.69) is 55.6 Å². The summed E-state index contributed by atoms with van der Waals surface area (Å²) in [5.74, 6) is 1.92. The van der Waals surface area contributed by atoms with Crippen LogP contribution in [0.2, 0.25) is 0 Å². The Kier molecular flexibility index (Phi) is 5.84. The van der Waals surface area contributed by atoms with Crippen molar-refractivity contribution in [1.29, 1.82) is 0 Å². The lowest BCUT2D eigenvalue weighted by atomic mass is 9.94. The summed E-state index contributed by atoms with van der Waals surface area (Å²) in [4.78, 5) is 0. The number of hydrogen-bond acceptors (Lipinski definition) is 3. The van der Waals surface area contributed by atoms with E-state index in [-0.39, 0.29) is 0 Å². The highest BCUT2D eigenvalue weighted by Gasteiger charge is 2.16. The van der Waals surface area contributed by atoms with Crippen molar-refractivity contribution in [1.82, 2.24) is 5.32 Å². The van der Waals surface area contributed by atoms with Crippen LogP contribution in [-0.2, 0) is 6.54 Å². The summed E-state index contributed by atoms with van der Waals surface area (Å²) < 4.78 is 10.7. The molecule has 3 heteroatoms. The topological polar surface area (TPSA) is 30.5 Å². The molecule has 0 amide bonds.